The van der Waals surface area contributed by atoms with Crippen molar-refractivity contribution in [1.29, 1.82) is 0 Å². The highest BCUT2D eigenvalue weighted by Crippen LogP contribution is 2.24. The van der Waals surface area contributed by atoms with Crippen molar-refractivity contribution in [3.63, 3.8) is 0 Å². The second-order valence-corrected chi connectivity index (χ2v) is 7.68. The molecular formula is C23H30N2O2. The van der Waals surface area contributed by atoms with Crippen molar-refractivity contribution in [2.45, 2.75) is 39.7 Å². The molecule has 0 saturated carbocycles. The van der Waals surface area contributed by atoms with Crippen LogP contribution in [-0.4, -0.2) is 25.6 Å². The number of piperidine rings is 1. The molecule has 2 aromatic rings. The van der Waals surface area contributed by atoms with Gasteiger partial charge >= 0.3 is 0 Å². The fourth-order valence-corrected chi connectivity index (χ4v) is 3.55. The zero-order chi connectivity index (χ0) is 19.2. The summed E-state index contributed by atoms with van der Waals surface area (Å²) < 4.78 is 5.55. The summed E-state index contributed by atoms with van der Waals surface area (Å²) in [7, 11) is 0. The molecule has 0 spiro atoms. The van der Waals surface area contributed by atoms with Crippen molar-refractivity contribution < 1.29 is 9.53 Å². The normalized spacial score (nSPS) is 18.0. The summed E-state index contributed by atoms with van der Waals surface area (Å²) in [5.74, 6) is 1.35. The van der Waals surface area contributed by atoms with Gasteiger partial charge in [0.2, 0.25) is 0 Å². The second kappa shape index (κ2) is 8.94. The van der Waals surface area contributed by atoms with Crippen LogP contribution in [0.5, 0.6) is 5.75 Å². The van der Waals surface area contributed by atoms with E-state index in [1.54, 1.807) is 0 Å². The first-order chi connectivity index (χ1) is 13.0. The number of hydrogen-bond donors (Lipinski definition) is 1. The van der Waals surface area contributed by atoms with Crippen molar-refractivity contribution >= 4 is 11.6 Å². The predicted octanol–water partition coefficient (Wildman–Crippen LogP) is 4.49. The number of anilines is 1. The standard InChI is InChI=1S/C23H30N2O2/c1-17-6-12-22(13-7-17)27-16-23(26)24-19(3)20-8-10-21(11-9-20)25-14-4-5-18(2)15-25/h6-13,18-19H,4-5,14-16H2,1-3H3,(H,24,26)/t18-,19+/m0/s1. The van der Waals surface area contributed by atoms with Gasteiger partial charge in [0.05, 0.1) is 6.04 Å². The third-order valence-electron chi connectivity index (χ3n) is 5.18. The van der Waals surface area contributed by atoms with Crippen molar-refractivity contribution in [2.24, 2.45) is 5.92 Å². The van der Waals surface area contributed by atoms with E-state index in [1.165, 1.54) is 24.1 Å². The number of hydrogen-bond acceptors (Lipinski definition) is 3. The maximum atomic E-state index is 12.2. The highest BCUT2D eigenvalue weighted by Gasteiger charge is 2.17. The molecule has 0 bridgehead atoms. The highest BCUT2D eigenvalue weighted by molar-refractivity contribution is 5.78. The van der Waals surface area contributed by atoms with Crippen LogP contribution in [0.2, 0.25) is 0 Å². The van der Waals surface area contributed by atoms with E-state index in [1.807, 2.05) is 38.1 Å². The van der Waals surface area contributed by atoms with Gasteiger partial charge in [-0.15, -0.1) is 0 Å². The quantitative estimate of drug-likeness (QED) is 0.819. The van der Waals surface area contributed by atoms with Crippen LogP contribution in [0.1, 0.15) is 43.9 Å². The maximum absolute atomic E-state index is 12.2. The smallest absolute Gasteiger partial charge is 0.258 e. The molecule has 4 nitrogen and oxygen atoms in total. The minimum absolute atomic E-state index is 0.0250. The van der Waals surface area contributed by atoms with Gasteiger partial charge in [0, 0.05) is 18.8 Å². The Morgan fingerprint density at radius 2 is 1.89 bits per heavy atom. The van der Waals surface area contributed by atoms with Crippen LogP contribution >= 0.6 is 0 Å². The zero-order valence-electron chi connectivity index (χ0n) is 16.6. The molecule has 1 aliphatic rings. The Kier molecular flexibility index (Phi) is 6.38. The molecule has 1 amide bonds. The number of nitrogens with one attached hydrogen (secondary N) is 1. The van der Waals surface area contributed by atoms with Crippen molar-refractivity contribution in [3.05, 3.63) is 59.7 Å². The molecule has 144 valence electrons. The van der Waals surface area contributed by atoms with Crippen LogP contribution in [0.4, 0.5) is 5.69 Å². The van der Waals surface area contributed by atoms with E-state index in [4.69, 9.17) is 4.74 Å². The lowest BCUT2D eigenvalue weighted by Gasteiger charge is -2.33. The summed E-state index contributed by atoms with van der Waals surface area (Å²) in [4.78, 5) is 14.6. The number of rotatable bonds is 6. The first-order valence-corrected chi connectivity index (χ1v) is 9.85. The van der Waals surface area contributed by atoms with Crippen LogP contribution < -0.4 is 15.0 Å². The van der Waals surface area contributed by atoms with E-state index in [0.717, 1.165) is 24.6 Å². The summed E-state index contributed by atoms with van der Waals surface area (Å²) in [6, 6.07) is 16.2. The molecule has 0 aliphatic carbocycles. The number of carbonyl (C=O) groups is 1. The fraction of sp³-hybridized carbons (Fsp3) is 0.435. The van der Waals surface area contributed by atoms with E-state index in [2.05, 4.69) is 41.4 Å². The number of carbonyl (C=O) groups excluding carboxylic acids is 1. The van der Waals surface area contributed by atoms with Gasteiger partial charge in [0.25, 0.3) is 5.91 Å². The van der Waals surface area contributed by atoms with Crippen LogP contribution in [-0.2, 0) is 4.79 Å². The predicted molar refractivity (Wildman–Crippen MR) is 110 cm³/mol. The molecule has 1 aliphatic heterocycles. The van der Waals surface area contributed by atoms with Gasteiger partial charge in [-0.1, -0.05) is 36.8 Å². The lowest BCUT2D eigenvalue weighted by Crippen LogP contribution is -2.34. The molecule has 0 aromatic heterocycles. The fourth-order valence-electron chi connectivity index (χ4n) is 3.55. The Morgan fingerprint density at radius 1 is 1.19 bits per heavy atom. The summed E-state index contributed by atoms with van der Waals surface area (Å²) in [5.41, 5.74) is 3.54. The van der Waals surface area contributed by atoms with Crippen molar-refractivity contribution in [1.82, 2.24) is 5.32 Å². The first-order valence-electron chi connectivity index (χ1n) is 9.85. The number of aryl methyl sites for hydroxylation is 1. The Hall–Kier alpha value is -2.49. The minimum Gasteiger partial charge on any atom is -0.484 e. The van der Waals surface area contributed by atoms with E-state index < -0.39 is 0 Å². The number of nitrogens with zero attached hydrogens (tertiary/aromatic N) is 1. The third kappa shape index (κ3) is 5.49. The summed E-state index contributed by atoms with van der Waals surface area (Å²) >= 11 is 0. The average molecular weight is 367 g/mol. The highest BCUT2D eigenvalue weighted by atomic mass is 16.5. The Bertz CT molecular complexity index is 740. The van der Waals surface area contributed by atoms with Crippen molar-refractivity contribution in [2.75, 3.05) is 24.6 Å². The molecule has 0 unspecified atom stereocenters. The monoisotopic (exact) mass is 366 g/mol. The molecular weight excluding hydrogens is 336 g/mol. The molecule has 4 heteroatoms. The topological polar surface area (TPSA) is 41.6 Å². The van der Waals surface area contributed by atoms with Crippen molar-refractivity contribution in [3.8, 4) is 5.75 Å². The Morgan fingerprint density at radius 3 is 2.56 bits per heavy atom. The third-order valence-corrected chi connectivity index (χ3v) is 5.18. The van der Waals surface area contributed by atoms with Gasteiger partial charge in [-0.25, -0.2) is 0 Å². The Labute approximate surface area is 162 Å². The number of ether oxygens (including phenoxy) is 1. The molecule has 1 fully saturated rings. The molecule has 27 heavy (non-hydrogen) atoms. The number of amides is 1. The van der Waals surface area contributed by atoms with Crippen LogP contribution in [0.3, 0.4) is 0 Å². The molecule has 3 rings (SSSR count). The number of benzene rings is 2. The van der Waals surface area contributed by atoms with Gasteiger partial charge in [0.15, 0.2) is 6.61 Å². The first kappa shape index (κ1) is 19.3. The van der Waals surface area contributed by atoms with E-state index in [0.29, 0.717) is 5.75 Å². The minimum atomic E-state index is -0.114. The van der Waals surface area contributed by atoms with Gasteiger partial charge in [0.1, 0.15) is 5.75 Å². The largest absolute Gasteiger partial charge is 0.484 e. The summed E-state index contributed by atoms with van der Waals surface area (Å²) in [5, 5.41) is 3.01. The van der Waals surface area contributed by atoms with E-state index in [9.17, 15) is 4.79 Å². The maximum Gasteiger partial charge on any atom is 0.258 e. The second-order valence-electron chi connectivity index (χ2n) is 7.68. The van der Waals surface area contributed by atoms with Gasteiger partial charge in [-0.2, -0.15) is 0 Å². The van der Waals surface area contributed by atoms with Crippen LogP contribution in [0, 0.1) is 12.8 Å². The van der Waals surface area contributed by atoms with Gasteiger partial charge in [-0.05, 0) is 62.4 Å². The molecule has 2 atom stereocenters. The van der Waals surface area contributed by atoms with E-state index in [-0.39, 0.29) is 18.6 Å². The summed E-state index contributed by atoms with van der Waals surface area (Å²) in [6.07, 6.45) is 2.58. The SMILES string of the molecule is Cc1ccc(OCC(=O)N[C@H](C)c2ccc(N3CCC[C@H](C)C3)cc2)cc1. The van der Waals surface area contributed by atoms with Gasteiger partial charge in [-0.3, -0.25) is 4.79 Å². The molecule has 2 aromatic carbocycles. The molecule has 0 radical (unpaired) electrons. The summed E-state index contributed by atoms with van der Waals surface area (Å²) in [6.45, 7) is 8.62. The lowest BCUT2D eigenvalue weighted by molar-refractivity contribution is -0.123. The molecule has 1 saturated heterocycles. The lowest BCUT2D eigenvalue weighted by atomic mass is 9.99. The van der Waals surface area contributed by atoms with Crippen LogP contribution in [0.15, 0.2) is 48.5 Å². The zero-order valence-corrected chi connectivity index (χ0v) is 16.6. The Balaban J connectivity index is 1.50. The average Bonchev–Trinajstić information content (AvgIpc) is 2.67. The van der Waals surface area contributed by atoms with E-state index >= 15 is 0 Å². The van der Waals surface area contributed by atoms with Gasteiger partial charge < -0.3 is 15.0 Å². The van der Waals surface area contributed by atoms with Crippen LogP contribution in [0.25, 0.3) is 0 Å². The molecule has 1 N–H and O–H groups in total. The molecule has 1 heterocycles.